The van der Waals surface area contributed by atoms with Crippen LogP contribution in [0, 0.1) is 22.7 Å². The second kappa shape index (κ2) is 20.3. The Morgan fingerprint density at radius 1 is 0.219 bits per heavy atom. The van der Waals surface area contributed by atoms with E-state index in [0.717, 1.165) is 66.8 Å². The number of anilines is 6. The Morgan fingerprint density at radius 2 is 0.646 bits per heavy atom. The fourth-order valence-electron chi connectivity index (χ4n) is 17.6. The number of para-hydroxylation sites is 1. The van der Waals surface area contributed by atoms with Crippen LogP contribution in [0.25, 0.3) is 98.7 Å². The lowest BCUT2D eigenvalue weighted by Crippen LogP contribution is -2.26. The molecule has 0 unspecified atom stereocenters. The maximum Gasteiger partial charge on any atom is 0.0992 e. The third kappa shape index (κ3) is 7.36. The lowest BCUT2D eigenvalue weighted by molar-refractivity contribution is 0.802. The Hall–Kier alpha value is -12.9. The average molecular weight is 1220 g/mol. The van der Waals surface area contributed by atoms with Crippen LogP contribution < -0.4 is 9.80 Å². The van der Waals surface area contributed by atoms with E-state index in [9.17, 15) is 10.5 Å². The summed E-state index contributed by atoms with van der Waals surface area (Å²) in [7, 11) is 0. The van der Waals surface area contributed by atoms with E-state index in [1.165, 1.54) is 111 Å². The second-order valence-corrected chi connectivity index (χ2v) is 26.0. The number of hydrogen-bond acceptors (Lipinski definition) is 4. The summed E-state index contributed by atoms with van der Waals surface area (Å²) in [6.45, 7) is 0. The predicted molar refractivity (Wildman–Crippen MR) is 393 cm³/mol. The van der Waals surface area contributed by atoms with Gasteiger partial charge in [-0.25, -0.2) is 0 Å². The van der Waals surface area contributed by atoms with Gasteiger partial charge in [0.15, 0.2) is 0 Å². The molecule has 4 aliphatic carbocycles. The van der Waals surface area contributed by atoms with Crippen LogP contribution in [0.15, 0.2) is 328 Å². The van der Waals surface area contributed by atoms with E-state index < -0.39 is 10.8 Å². The van der Waals surface area contributed by atoms with Crippen LogP contribution in [0.3, 0.4) is 0 Å². The van der Waals surface area contributed by atoms with Gasteiger partial charge in [-0.1, -0.05) is 212 Å². The SMILES string of the molecule is N#Cc1ccc(N(c2ccccc2)c2ccc3cc4c(cc3c2)C2(c3ccccc3-c3ccccc32)c2c-4ccc3c(-c4cccc(N(c5cccc(C#N)c5)c5ccc6cc7c(cc6c5)C5(c6ccccc6-c6ccccc65)c5c-7ccc6ccccc56)c4)cccc23)cc1. The van der Waals surface area contributed by atoms with Crippen LogP contribution >= 0.6 is 0 Å². The van der Waals surface area contributed by atoms with Crippen molar-refractivity contribution in [2.45, 2.75) is 10.8 Å². The molecule has 0 bridgehead atoms. The van der Waals surface area contributed by atoms with Crippen molar-refractivity contribution in [2.75, 3.05) is 9.80 Å². The second-order valence-electron chi connectivity index (χ2n) is 26.0. The molecule has 96 heavy (non-hydrogen) atoms. The summed E-state index contributed by atoms with van der Waals surface area (Å²) in [4.78, 5) is 4.61. The molecule has 442 valence electrons. The zero-order chi connectivity index (χ0) is 63.4. The van der Waals surface area contributed by atoms with E-state index in [0.29, 0.717) is 11.1 Å². The first kappa shape index (κ1) is 53.8. The quantitative estimate of drug-likeness (QED) is 0.160. The van der Waals surface area contributed by atoms with Gasteiger partial charge in [-0.05, 0) is 258 Å². The molecule has 0 fully saturated rings. The van der Waals surface area contributed by atoms with Crippen molar-refractivity contribution in [1.29, 1.82) is 10.5 Å². The number of nitrogens with zero attached hydrogens (tertiary/aromatic N) is 4. The highest BCUT2D eigenvalue weighted by molar-refractivity contribution is 6.11. The lowest BCUT2D eigenvalue weighted by Gasteiger charge is -2.32. The van der Waals surface area contributed by atoms with Gasteiger partial charge in [-0.15, -0.1) is 0 Å². The Balaban J connectivity index is 0.759. The normalized spacial score (nSPS) is 13.4. The predicted octanol–water partition coefficient (Wildman–Crippen LogP) is 23.3. The van der Waals surface area contributed by atoms with Crippen molar-refractivity contribution in [3.05, 3.63) is 383 Å². The first-order valence-electron chi connectivity index (χ1n) is 32.9. The molecule has 4 heteroatoms. The molecular formula is C92H54N4. The minimum atomic E-state index is -0.645. The Bertz CT molecular complexity index is 6050. The molecule has 2 spiro atoms. The summed E-state index contributed by atoms with van der Waals surface area (Å²) < 4.78 is 0. The molecule has 16 aromatic carbocycles. The van der Waals surface area contributed by atoms with Crippen LogP contribution in [-0.2, 0) is 10.8 Å². The molecular weight excluding hydrogens is 1160 g/mol. The topological polar surface area (TPSA) is 54.1 Å². The minimum absolute atomic E-state index is 0.540. The van der Waals surface area contributed by atoms with Gasteiger partial charge in [0, 0.05) is 34.1 Å². The van der Waals surface area contributed by atoms with Gasteiger partial charge in [-0.3, -0.25) is 0 Å². The number of benzene rings is 16. The smallest absolute Gasteiger partial charge is 0.0992 e. The standard InChI is InChI=1S/C92H54N4/c93-55-57-35-40-66(41-36-57)95(65-20-2-1-3-21-65)69-42-37-60-52-82-80-46-45-73-71(29-16-30-78(73)90(80)92(88(82)54-63(60)49-69)85-33-12-8-27-76(85)77-28-9-13-34-86(77)92)62-19-15-23-68(48-62)96(67-22-14-17-58(47-67)56-94)70-43-38-61-51-81-79-44-39-59-18-4-5-24-72(59)89(79)91(87(81)53-64(61)50-70)83-31-10-6-25-74(83)75-26-7-11-32-84(75)91/h1-54H. The van der Waals surface area contributed by atoms with Crippen molar-refractivity contribution in [3.63, 3.8) is 0 Å². The number of rotatable bonds is 7. The maximum atomic E-state index is 10.5. The van der Waals surface area contributed by atoms with E-state index in [2.05, 4.69) is 301 Å². The summed E-state index contributed by atoms with van der Waals surface area (Å²) in [5, 5.41) is 29.8. The molecule has 0 heterocycles. The molecule has 16 aromatic rings. The Labute approximate surface area is 556 Å². The molecule has 0 saturated heterocycles. The van der Waals surface area contributed by atoms with Crippen LogP contribution in [0.5, 0.6) is 0 Å². The molecule has 4 aliphatic rings. The zero-order valence-electron chi connectivity index (χ0n) is 52.0. The van der Waals surface area contributed by atoms with Crippen molar-refractivity contribution < 1.29 is 0 Å². The first-order chi connectivity index (χ1) is 47.5. The van der Waals surface area contributed by atoms with Gasteiger partial charge in [0.2, 0.25) is 0 Å². The molecule has 0 radical (unpaired) electrons. The highest BCUT2D eigenvalue weighted by atomic mass is 15.1. The number of nitriles is 2. The van der Waals surface area contributed by atoms with Crippen molar-refractivity contribution in [1.82, 2.24) is 0 Å². The first-order valence-corrected chi connectivity index (χ1v) is 32.9. The van der Waals surface area contributed by atoms with Crippen LogP contribution in [0.4, 0.5) is 34.1 Å². The molecule has 0 aliphatic heterocycles. The van der Waals surface area contributed by atoms with Crippen molar-refractivity contribution in [3.8, 4) is 67.8 Å². The summed E-state index contributed by atoms with van der Waals surface area (Å²) in [5.74, 6) is 0. The van der Waals surface area contributed by atoms with E-state index in [1.807, 2.05) is 48.5 Å². The van der Waals surface area contributed by atoms with Gasteiger partial charge in [0.25, 0.3) is 0 Å². The summed E-state index contributed by atoms with van der Waals surface area (Å²) in [6.07, 6.45) is 0. The monoisotopic (exact) mass is 1210 g/mol. The summed E-state index contributed by atoms with van der Waals surface area (Å²) in [6, 6.07) is 125. The van der Waals surface area contributed by atoms with E-state index in [1.54, 1.807) is 0 Å². The van der Waals surface area contributed by atoms with Gasteiger partial charge < -0.3 is 9.80 Å². The van der Waals surface area contributed by atoms with Gasteiger partial charge >= 0.3 is 0 Å². The fraction of sp³-hybridized carbons (Fsp3) is 0.0217. The van der Waals surface area contributed by atoms with E-state index in [4.69, 9.17) is 0 Å². The Morgan fingerprint density at radius 3 is 1.24 bits per heavy atom. The fourth-order valence-corrected chi connectivity index (χ4v) is 17.6. The largest absolute Gasteiger partial charge is 0.310 e. The molecule has 0 N–H and O–H groups in total. The van der Waals surface area contributed by atoms with Crippen molar-refractivity contribution >= 4 is 77.2 Å². The van der Waals surface area contributed by atoms with Gasteiger partial charge in [-0.2, -0.15) is 10.5 Å². The average Bonchev–Trinajstić information content (AvgIpc) is 1.51. The minimum Gasteiger partial charge on any atom is -0.310 e. The zero-order valence-corrected chi connectivity index (χ0v) is 52.0. The van der Waals surface area contributed by atoms with E-state index in [-0.39, 0.29) is 0 Å². The molecule has 0 amide bonds. The molecule has 0 aromatic heterocycles. The molecule has 0 atom stereocenters. The van der Waals surface area contributed by atoms with Crippen LogP contribution in [-0.4, -0.2) is 0 Å². The summed E-state index contributed by atoms with van der Waals surface area (Å²) >= 11 is 0. The number of fused-ring (bicyclic) bond motifs is 26. The lowest BCUT2D eigenvalue weighted by atomic mass is 9.69. The third-order valence-corrected chi connectivity index (χ3v) is 21.4. The Kier molecular flexibility index (Phi) is 11.4. The van der Waals surface area contributed by atoms with E-state index >= 15 is 0 Å². The van der Waals surface area contributed by atoms with Gasteiger partial charge in [0.05, 0.1) is 34.1 Å². The highest BCUT2D eigenvalue weighted by Crippen LogP contribution is 2.67. The molecule has 20 rings (SSSR count). The highest BCUT2D eigenvalue weighted by Gasteiger charge is 2.54. The van der Waals surface area contributed by atoms with Crippen LogP contribution in [0.1, 0.15) is 55.6 Å². The summed E-state index contributed by atoms with van der Waals surface area (Å²) in [5.41, 5.74) is 28.7. The van der Waals surface area contributed by atoms with Crippen LogP contribution in [0.2, 0.25) is 0 Å². The van der Waals surface area contributed by atoms with Gasteiger partial charge in [0.1, 0.15) is 0 Å². The number of hydrogen-bond donors (Lipinski definition) is 0. The van der Waals surface area contributed by atoms with Crippen molar-refractivity contribution in [2.24, 2.45) is 0 Å². The maximum absolute atomic E-state index is 10.5. The molecule has 4 nitrogen and oxygen atoms in total. The molecule has 0 saturated carbocycles. The third-order valence-electron chi connectivity index (χ3n) is 21.4.